The third-order valence-electron chi connectivity index (χ3n) is 2.24. The lowest BCUT2D eigenvalue weighted by Gasteiger charge is -2.09. The quantitative estimate of drug-likeness (QED) is 0.840. The van der Waals surface area contributed by atoms with Gasteiger partial charge in [-0.25, -0.2) is 0 Å². The van der Waals surface area contributed by atoms with Crippen LogP contribution in [0.25, 0.3) is 0 Å². The van der Waals surface area contributed by atoms with Gasteiger partial charge in [0.2, 0.25) is 5.91 Å². The van der Waals surface area contributed by atoms with Crippen molar-refractivity contribution in [2.24, 2.45) is 0 Å². The second kappa shape index (κ2) is 7.29. The summed E-state index contributed by atoms with van der Waals surface area (Å²) in [6, 6.07) is 5.91. The highest BCUT2D eigenvalue weighted by molar-refractivity contribution is 9.10. The molecule has 94 valence electrons. The average molecular weight is 301 g/mol. The normalized spacial score (nSPS) is 10.1. The van der Waals surface area contributed by atoms with E-state index < -0.39 is 0 Å². The van der Waals surface area contributed by atoms with Crippen LogP contribution in [0.15, 0.2) is 22.7 Å². The summed E-state index contributed by atoms with van der Waals surface area (Å²) >= 11 is 3.45. The van der Waals surface area contributed by atoms with E-state index in [9.17, 15) is 4.79 Å². The Morgan fingerprint density at radius 3 is 2.76 bits per heavy atom. The van der Waals surface area contributed by atoms with Crippen molar-refractivity contribution in [1.82, 2.24) is 10.6 Å². The second-order valence-corrected chi connectivity index (χ2v) is 4.42. The molecule has 0 bridgehead atoms. The van der Waals surface area contributed by atoms with Crippen molar-refractivity contribution in [3.63, 3.8) is 0 Å². The first kappa shape index (κ1) is 14.0. The monoisotopic (exact) mass is 300 g/mol. The molecular weight excluding hydrogens is 284 g/mol. The summed E-state index contributed by atoms with van der Waals surface area (Å²) in [6.07, 6.45) is 0.362. The lowest BCUT2D eigenvalue weighted by Crippen LogP contribution is -2.20. The van der Waals surface area contributed by atoms with E-state index in [1.807, 2.05) is 25.2 Å². The van der Waals surface area contributed by atoms with E-state index in [1.165, 1.54) is 5.56 Å². The number of ether oxygens (including phenoxy) is 1. The maximum atomic E-state index is 11.0. The third-order valence-corrected chi connectivity index (χ3v) is 2.86. The van der Waals surface area contributed by atoms with Crippen molar-refractivity contribution in [1.29, 1.82) is 0 Å². The Balaban J connectivity index is 2.51. The van der Waals surface area contributed by atoms with Gasteiger partial charge in [0, 0.05) is 13.6 Å². The Labute approximate surface area is 110 Å². The van der Waals surface area contributed by atoms with Crippen molar-refractivity contribution in [2.75, 3.05) is 20.7 Å². The van der Waals surface area contributed by atoms with E-state index in [4.69, 9.17) is 4.74 Å². The van der Waals surface area contributed by atoms with E-state index in [0.29, 0.717) is 13.0 Å². The molecule has 0 fully saturated rings. The van der Waals surface area contributed by atoms with Crippen LogP contribution < -0.4 is 15.4 Å². The van der Waals surface area contributed by atoms with Crippen LogP contribution in [-0.4, -0.2) is 26.6 Å². The molecule has 2 N–H and O–H groups in total. The minimum atomic E-state index is -0.0204. The fourth-order valence-corrected chi connectivity index (χ4v) is 1.89. The Hall–Kier alpha value is -1.07. The number of benzene rings is 1. The fourth-order valence-electron chi connectivity index (χ4n) is 1.35. The maximum absolute atomic E-state index is 11.0. The van der Waals surface area contributed by atoms with E-state index >= 15 is 0 Å². The van der Waals surface area contributed by atoms with Gasteiger partial charge < -0.3 is 15.4 Å². The molecule has 0 aliphatic rings. The predicted octanol–water partition coefficient (Wildman–Crippen LogP) is 1.68. The first-order valence-corrected chi connectivity index (χ1v) is 6.23. The topological polar surface area (TPSA) is 50.4 Å². The van der Waals surface area contributed by atoms with Gasteiger partial charge in [0.1, 0.15) is 5.75 Å². The standard InChI is InChI=1S/C12H17BrN2O2/c1-14-8-9-3-4-11(10(13)7-9)17-6-5-12(16)15-2/h3-4,7,14H,5-6,8H2,1-2H3,(H,15,16). The molecule has 0 spiro atoms. The molecular formula is C12H17BrN2O2. The maximum Gasteiger partial charge on any atom is 0.223 e. The fraction of sp³-hybridized carbons (Fsp3) is 0.417. The summed E-state index contributed by atoms with van der Waals surface area (Å²) < 4.78 is 6.42. The van der Waals surface area contributed by atoms with Crippen LogP contribution in [0.3, 0.4) is 0 Å². The zero-order valence-electron chi connectivity index (χ0n) is 10.0. The number of hydrogen-bond donors (Lipinski definition) is 2. The summed E-state index contributed by atoms with van der Waals surface area (Å²) in [6.45, 7) is 1.20. The van der Waals surface area contributed by atoms with Crippen LogP contribution in [-0.2, 0) is 11.3 Å². The highest BCUT2D eigenvalue weighted by Gasteiger charge is 2.04. The van der Waals surface area contributed by atoms with Crippen molar-refractivity contribution in [2.45, 2.75) is 13.0 Å². The second-order valence-electron chi connectivity index (χ2n) is 3.57. The van der Waals surface area contributed by atoms with Gasteiger partial charge in [0.15, 0.2) is 0 Å². The van der Waals surface area contributed by atoms with Gasteiger partial charge in [0.05, 0.1) is 17.5 Å². The molecule has 0 saturated heterocycles. The van der Waals surface area contributed by atoms with Gasteiger partial charge in [-0.3, -0.25) is 4.79 Å². The molecule has 0 unspecified atom stereocenters. The SMILES string of the molecule is CNCc1ccc(OCCC(=O)NC)c(Br)c1. The van der Waals surface area contributed by atoms with Gasteiger partial charge in [-0.2, -0.15) is 0 Å². The Bertz CT molecular complexity index is 383. The lowest BCUT2D eigenvalue weighted by molar-refractivity contribution is -0.121. The molecule has 0 aliphatic heterocycles. The van der Waals surface area contributed by atoms with Gasteiger partial charge in [-0.15, -0.1) is 0 Å². The van der Waals surface area contributed by atoms with Crippen LogP contribution in [0.1, 0.15) is 12.0 Å². The van der Waals surface area contributed by atoms with Crippen LogP contribution in [0.5, 0.6) is 5.75 Å². The first-order valence-electron chi connectivity index (χ1n) is 5.43. The number of amides is 1. The van der Waals surface area contributed by atoms with E-state index in [2.05, 4.69) is 26.6 Å². The van der Waals surface area contributed by atoms with E-state index in [0.717, 1.165) is 16.8 Å². The van der Waals surface area contributed by atoms with E-state index in [-0.39, 0.29) is 5.91 Å². The van der Waals surface area contributed by atoms with Crippen molar-refractivity contribution in [3.8, 4) is 5.75 Å². The van der Waals surface area contributed by atoms with Crippen LogP contribution in [0.4, 0.5) is 0 Å². The molecule has 1 rings (SSSR count). The predicted molar refractivity (Wildman–Crippen MR) is 71.1 cm³/mol. The van der Waals surface area contributed by atoms with Crippen LogP contribution >= 0.6 is 15.9 Å². The number of halogens is 1. The molecule has 0 atom stereocenters. The minimum absolute atomic E-state index is 0.0204. The highest BCUT2D eigenvalue weighted by atomic mass is 79.9. The number of rotatable bonds is 6. The summed E-state index contributed by atoms with van der Waals surface area (Å²) in [7, 11) is 3.52. The van der Waals surface area contributed by atoms with Gasteiger partial charge >= 0.3 is 0 Å². The molecule has 1 aromatic rings. The summed E-state index contributed by atoms with van der Waals surface area (Å²) in [5, 5.41) is 5.63. The molecule has 0 heterocycles. The molecule has 17 heavy (non-hydrogen) atoms. The molecule has 0 saturated carbocycles. The number of nitrogens with one attached hydrogen (secondary N) is 2. The molecule has 1 aromatic carbocycles. The molecule has 5 heteroatoms. The average Bonchev–Trinajstić information content (AvgIpc) is 2.32. The molecule has 0 aliphatic carbocycles. The van der Waals surface area contributed by atoms with Gasteiger partial charge in [0.25, 0.3) is 0 Å². The Kier molecular flexibility index (Phi) is 6.00. The number of carbonyl (C=O) groups is 1. The first-order chi connectivity index (χ1) is 8.17. The highest BCUT2D eigenvalue weighted by Crippen LogP contribution is 2.26. The molecule has 4 nitrogen and oxygen atoms in total. The van der Waals surface area contributed by atoms with Crippen molar-refractivity contribution >= 4 is 21.8 Å². The number of carbonyl (C=O) groups excluding carboxylic acids is 1. The summed E-state index contributed by atoms with van der Waals surface area (Å²) in [5.74, 6) is 0.738. The molecule has 0 radical (unpaired) electrons. The van der Waals surface area contributed by atoms with Gasteiger partial charge in [-0.1, -0.05) is 6.07 Å². The smallest absolute Gasteiger partial charge is 0.223 e. The summed E-state index contributed by atoms with van der Waals surface area (Å²) in [5.41, 5.74) is 1.18. The third kappa shape index (κ3) is 4.75. The van der Waals surface area contributed by atoms with E-state index in [1.54, 1.807) is 7.05 Å². The zero-order valence-corrected chi connectivity index (χ0v) is 11.6. The van der Waals surface area contributed by atoms with Gasteiger partial charge in [-0.05, 0) is 40.7 Å². The summed E-state index contributed by atoms with van der Waals surface area (Å²) in [4.78, 5) is 11.0. The van der Waals surface area contributed by atoms with Crippen molar-refractivity contribution < 1.29 is 9.53 Å². The minimum Gasteiger partial charge on any atom is -0.492 e. The molecule has 0 aromatic heterocycles. The van der Waals surface area contributed by atoms with Crippen molar-refractivity contribution in [3.05, 3.63) is 28.2 Å². The Morgan fingerprint density at radius 1 is 1.41 bits per heavy atom. The Morgan fingerprint density at radius 2 is 2.18 bits per heavy atom. The molecule has 1 amide bonds. The largest absolute Gasteiger partial charge is 0.492 e. The zero-order chi connectivity index (χ0) is 12.7. The van der Waals surface area contributed by atoms with Crippen LogP contribution in [0.2, 0.25) is 0 Å². The lowest BCUT2D eigenvalue weighted by atomic mass is 10.2. The number of hydrogen-bond acceptors (Lipinski definition) is 3. The van der Waals surface area contributed by atoms with Crippen LogP contribution in [0, 0.1) is 0 Å².